The number of rotatable bonds is 3. The molecule has 0 aromatic heterocycles. The van der Waals surface area contributed by atoms with Gasteiger partial charge in [0.2, 0.25) is 0 Å². The van der Waals surface area contributed by atoms with Gasteiger partial charge in [-0.15, -0.1) is 0 Å². The molecule has 2 nitrogen and oxygen atoms in total. The zero-order chi connectivity index (χ0) is 13.2. The molecule has 0 bridgehead atoms. The van der Waals surface area contributed by atoms with Crippen molar-refractivity contribution in [2.45, 2.75) is 45.6 Å². The average Bonchev–Trinajstić information content (AvgIpc) is 2.28. The molecule has 2 N–H and O–H groups in total. The summed E-state index contributed by atoms with van der Waals surface area (Å²) in [4.78, 5) is 0. The predicted molar refractivity (Wildman–Crippen MR) is 75.8 cm³/mol. The maximum Gasteiger partial charge on any atom is 0.0700 e. The van der Waals surface area contributed by atoms with E-state index in [9.17, 15) is 5.11 Å². The lowest BCUT2D eigenvalue weighted by atomic mass is 9.79. The molecular formula is C16H25NO. The molecule has 2 atom stereocenters. The monoisotopic (exact) mass is 247 g/mol. The van der Waals surface area contributed by atoms with E-state index >= 15 is 0 Å². The molecule has 1 saturated heterocycles. The number of aryl methyl sites for hydroxylation is 2. The highest BCUT2D eigenvalue weighted by atomic mass is 16.3. The predicted octanol–water partition coefficient (Wildman–Crippen LogP) is 2.60. The zero-order valence-electron chi connectivity index (χ0n) is 11.8. The van der Waals surface area contributed by atoms with Crippen LogP contribution in [0.1, 0.15) is 36.5 Å². The molecule has 1 fully saturated rings. The van der Waals surface area contributed by atoms with Crippen molar-refractivity contribution in [3.05, 3.63) is 34.9 Å². The molecule has 2 rings (SSSR count). The SMILES string of the molecule is Cc1cc(C)cc(CC(C)(O)C2CCCNC2)c1. The van der Waals surface area contributed by atoms with Gasteiger partial charge in [0.15, 0.2) is 0 Å². The van der Waals surface area contributed by atoms with E-state index in [1.54, 1.807) is 0 Å². The van der Waals surface area contributed by atoms with Crippen LogP contribution in [0.25, 0.3) is 0 Å². The molecule has 1 aromatic rings. The number of hydrogen-bond donors (Lipinski definition) is 2. The first-order chi connectivity index (χ1) is 8.47. The van der Waals surface area contributed by atoms with Crippen molar-refractivity contribution in [2.75, 3.05) is 13.1 Å². The standard InChI is InChI=1S/C16H25NO/c1-12-7-13(2)9-14(8-12)10-16(3,18)15-5-4-6-17-11-15/h7-9,15,17-18H,4-6,10-11H2,1-3H3. The van der Waals surface area contributed by atoms with Gasteiger partial charge in [-0.05, 0) is 45.7 Å². The second-order valence-electron chi connectivity index (χ2n) is 6.07. The lowest BCUT2D eigenvalue weighted by Gasteiger charge is -2.36. The molecule has 18 heavy (non-hydrogen) atoms. The summed E-state index contributed by atoms with van der Waals surface area (Å²) in [6.07, 6.45) is 3.06. The first kappa shape index (κ1) is 13.6. The number of benzene rings is 1. The third kappa shape index (κ3) is 3.33. The van der Waals surface area contributed by atoms with Gasteiger partial charge in [0.1, 0.15) is 0 Å². The van der Waals surface area contributed by atoms with Crippen molar-refractivity contribution >= 4 is 0 Å². The molecule has 0 radical (unpaired) electrons. The molecule has 1 aliphatic rings. The Kier molecular flexibility index (Phi) is 4.08. The molecular weight excluding hydrogens is 222 g/mol. The maximum atomic E-state index is 10.7. The average molecular weight is 247 g/mol. The van der Waals surface area contributed by atoms with Crippen LogP contribution < -0.4 is 5.32 Å². The Morgan fingerprint density at radius 1 is 1.28 bits per heavy atom. The summed E-state index contributed by atoms with van der Waals surface area (Å²) in [6.45, 7) is 8.26. The molecule has 2 heteroatoms. The van der Waals surface area contributed by atoms with Gasteiger partial charge in [-0.1, -0.05) is 29.3 Å². The van der Waals surface area contributed by atoms with E-state index in [-0.39, 0.29) is 0 Å². The Balaban J connectivity index is 2.10. The quantitative estimate of drug-likeness (QED) is 0.860. The molecule has 1 aliphatic heterocycles. The van der Waals surface area contributed by atoms with Gasteiger partial charge < -0.3 is 10.4 Å². The Morgan fingerprint density at radius 3 is 2.50 bits per heavy atom. The number of hydrogen-bond acceptors (Lipinski definition) is 2. The molecule has 2 unspecified atom stereocenters. The summed E-state index contributed by atoms with van der Waals surface area (Å²) in [5.74, 6) is 0.368. The molecule has 1 heterocycles. The Hall–Kier alpha value is -0.860. The summed E-state index contributed by atoms with van der Waals surface area (Å²) < 4.78 is 0. The molecule has 100 valence electrons. The van der Waals surface area contributed by atoms with Crippen LogP contribution >= 0.6 is 0 Å². The lowest BCUT2D eigenvalue weighted by Crippen LogP contribution is -2.45. The van der Waals surface area contributed by atoms with Gasteiger partial charge in [0, 0.05) is 18.9 Å². The minimum absolute atomic E-state index is 0.368. The van der Waals surface area contributed by atoms with Crippen molar-refractivity contribution in [3.8, 4) is 0 Å². The summed E-state index contributed by atoms with van der Waals surface area (Å²) in [5.41, 5.74) is 3.21. The fourth-order valence-corrected chi connectivity index (χ4v) is 3.11. The van der Waals surface area contributed by atoms with Crippen LogP contribution in [0.3, 0.4) is 0 Å². The van der Waals surface area contributed by atoms with E-state index < -0.39 is 5.60 Å². The first-order valence-electron chi connectivity index (χ1n) is 6.98. The highest BCUT2D eigenvalue weighted by molar-refractivity contribution is 5.29. The Bertz CT molecular complexity index is 385. The zero-order valence-corrected chi connectivity index (χ0v) is 11.8. The van der Waals surface area contributed by atoms with E-state index in [1.165, 1.54) is 23.1 Å². The van der Waals surface area contributed by atoms with Gasteiger partial charge in [-0.3, -0.25) is 0 Å². The summed E-state index contributed by atoms with van der Waals surface area (Å²) in [7, 11) is 0. The fraction of sp³-hybridized carbons (Fsp3) is 0.625. The van der Waals surface area contributed by atoms with Gasteiger partial charge in [0.05, 0.1) is 5.60 Å². The fourth-order valence-electron chi connectivity index (χ4n) is 3.11. The van der Waals surface area contributed by atoms with Gasteiger partial charge >= 0.3 is 0 Å². The highest BCUT2D eigenvalue weighted by Crippen LogP contribution is 2.28. The van der Waals surface area contributed by atoms with Gasteiger partial charge in [-0.2, -0.15) is 0 Å². The minimum atomic E-state index is -0.604. The van der Waals surface area contributed by atoms with Crippen LogP contribution in [0, 0.1) is 19.8 Å². The largest absolute Gasteiger partial charge is 0.389 e. The number of nitrogens with one attached hydrogen (secondary N) is 1. The summed E-state index contributed by atoms with van der Waals surface area (Å²) in [5, 5.41) is 14.1. The Labute approximate surface area is 110 Å². The van der Waals surface area contributed by atoms with Crippen molar-refractivity contribution < 1.29 is 5.11 Å². The molecule has 0 amide bonds. The summed E-state index contributed by atoms with van der Waals surface area (Å²) in [6, 6.07) is 6.57. The van der Waals surface area contributed by atoms with E-state index in [0.29, 0.717) is 5.92 Å². The van der Waals surface area contributed by atoms with Crippen molar-refractivity contribution in [1.82, 2.24) is 5.32 Å². The molecule has 0 spiro atoms. The first-order valence-corrected chi connectivity index (χ1v) is 6.98. The summed E-state index contributed by atoms with van der Waals surface area (Å²) >= 11 is 0. The van der Waals surface area contributed by atoms with Crippen molar-refractivity contribution in [2.24, 2.45) is 5.92 Å². The highest BCUT2D eigenvalue weighted by Gasteiger charge is 2.32. The second-order valence-corrected chi connectivity index (χ2v) is 6.07. The number of aliphatic hydroxyl groups is 1. The van der Waals surface area contributed by atoms with Crippen LogP contribution in [0.4, 0.5) is 0 Å². The smallest absolute Gasteiger partial charge is 0.0700 e. The molecule has 0 aliphatic carbocycles. The topological polar surface area (TPSA) is 32.3 Å². The van der Waals surface area contributed by atoms with Crippen molar-refractivity contribution in [3.63, 3.8) is 0 Å². The van der Waals surface area contributed by atoms with Crippen molar-refractivity contribution in [1.29, 1.82) is 0 Å². The minimum Gasteiger partial charge on any atom is -0.389 e. The number of piperidine rings is 1. The molecule has 1 aromatic carbocycles. The van der Waals surface area contributed by atoms with Crippen LogP contribution in [-0.4, -0.2) is 23.8 Å². The van der Waals surface area contributed by atoms with Crippen LogP contribution in [-0.2, 0) is 6.42 Å². The third-order valence-electron chi connectivity index (χ3n) is 4.02. The van der Waals surface area contributed by atoms with Gasteiger partial charge in [-0.25, -0.2) is 0 Å². The maximum absolute atomic E-state index is 10.7. The van der Waals surface area contributed by atoms with Crippen LogP contribution in [0.5, 0.6) is 0 Å². The third-order valence-corrected chi connectivity index (χ3v) is 4.02. The van der Waals surface area contributed by atoms with E-state index in [4.69, 9.17) is 0 Å². The van der Waals surface area contributed by atoms with E-state index in [1.807, 2.05) is 6.92 Å². The van der Waals surface area contributed by atoms with E-state index in [2.05, 4.69) is 37.4 Å². The Morgan fingerprint density at radius 2 is 1.94 bits per heavy atom. The molecule has 0 saturated carbocycles. The second kappa shape index (κ2) is 5.41. The normalized spacial score (nSPS) is 23.7. The lowest BCUT2D eigenvalue weighted by molar-refractivity contribution is -0.0102. The van der Waals surface area contributed by atoms with Gasteiger partial charge in [0.25, 0.3) is 0 Å². The van der Waals surface area contributed by atoms with E-state index in [0.717, 1.165) is 25.9 Å². The van der Waals surface area contributed by atoms with Crippen LogP contribution in [0.15, 0.2) is 18.2 Å². The van der Waals surface area contributed by atoms with Crippen LogP contribution in [0.2, 0.25) is 0 Å².